The van der Waals surface area contributed by atoms with Crippen LogP contribution in [0.4, 0.5) is 0 Å². The highest BCUT2D eigenvalue weighted by molar-refractivity contribution is 6.30. The molecule has 0 radical (unpaired) electrons. The normalized spacial score (nSPS) is 14.8. The molecular weight excluding hydrogens is 326 g/mol. The average molecular weight is 346 g/mol. The lowest BCUT2D eigenvalue weighted by molar-refractivity contribution is 0.0928. The van der Waals surface area contributed by atoms with Crippen molar-refractivity contribution in [3.05, 3.63) is 58.6 Å². The number of nitrogens with one attached hydrogen (secondary N) is 1. The summed E-state index contributed by atoms with van der Waals surface area (Å²) < 4.78 is 10.5. The van der Waals surface area contributed by atoms with E-state index in [1.165, 1.54) is 0 Å². The molecule has 24 heavy (non-hydrogen) atoms. The summed E-state index contributed by atoms with van der Waals surface area (Å²) in [7, 11) is 3.13. The topological polar surface area (TPSA) is 47.6 Å². The highest BCUT2D eigenvalue weighted by Gasteiger charge is 2.34. The zero-order valence-corrected chi connectivity index (χ0v) is 14.5. The van der Waals surface area contributed by atoms with Gasteiger partial charge in [0.1, 0.15) is 11.5 Å². The Labute approximate surface area is 146 Å². The minimum Gasteiger partial charge on any atom is -0.497 e. The Morgan fingerprint density at radius 1 is 1.12 bits per heavy atom. The molecule has 2 aromatic rings. The van der Waals surface area contributed by atoms with Gasteiger partial charge < -0.3 is 14.8 Å². The summed E-state index contributed by atoms with van der Waals surface area (Å²) in [4.78, 5) is 12.8. The molecule has 1 aliphatic rings. The predicted molar refractivity (Wildman–Crippen MR) is 93.9 cm³/mol. The predicted octanol–water partition coefficient (Wildman–Crippen LogP) is 4.24. The van der Waals surface area contributed by atoms with E-state index in [0.29, 0.717) is 28.0 Å². The van der Waals surface area contributed by atoms with Crippen molar-refractivity contribution in [2.24, 2.45) is 5.92 Å². The highest BCUT2D eigenvalue weighted by atomic mass is 35.5. The molecule has 1 N–H and O–H groups in total. The van der Waals surface area contributed by atoms with Crippen LogP contribution in [0.3, 0.4) is 0 Å². The lowest BCUT2D eigenvalue weighted by atomic mass is 10.0. The fraction of sp³-hybridized carbons (Fsp3) is 0.316. The third-order valence-electron chi connectivity index (χ3n) is 4.26. The molecule has 1 unspecified atom stereocenters. The molecule has 5 heteroatoms. The lowest BCUT2D eigenvalue weighted by Gasteiger charge is -2.20. The Kier molecular flexibility index (Phi) is 4.95. The third-order valence-corrected chi connectivity index (χ3v) is 4.51. The van der Waals surface area contributed by atoms with Crippen LogP contribution in [-0.4, -0.2) is 20.1 Å². The van der Waals surface area contributed by atoms with Crippen LogP contribution in [0.25, 0.3) is 0 Å². The second kappa shape index (κ2) is 7.14. The molecule has 4 nitrogen and oxygen atoms in total. The SMILES string of the molecule is COc1ccc(OC)c(C(=O)NC(c2ccc(Cl)cc2)C2CC2)c1. The van der Waals surface area contributed by atoms with E-state index in [2.05, 4.69) is 5.32 Å². The second-order valence-electron chi connectivity index (χ2n) is 5.91. The van der Waals surface area contributed by atoms with Crippen molar-refractivity contribution in [1.29, 1.82) is 0 Å². The Hall–Kier alpha value is -2.20. The van der Waals surface area contributed by atoms with Gasteiger partial charge in [0, 0.05) is 5.02 Å². The van der Waals surface area contributed by atoms with E-state index in [4.69, 9.17) is 21.1 Å². The van der Waals surface area contributed by atoms with Crippen molar-refractivity contribution in [1.82, 2.24) is 5.32 Å². The summed E-state index contributed by atoms with van der Waals surface area (Å²) in [5.74, 6) is 1.44. The highest BCUT2D eigenvalue weighted by Crippen LogP contribution is 2.41. The van der Waals surface area contributed by atoms with Gasteiger partial charge in [0.25, 0.3) is 5.91 Å². The minimum absolute atomic E-state index is 0.0225. The van der Waals surface area contributed by atoms with Crippen LogP contribution in [-0.2, 0) is 0 Å². The van der Waals surface area contributed by atoms with Gasteiger partial charge in [-0.25, -0.2) is 0 Å². The van der Waals surface area contributed by atoms with E-state index in [1.807, 2.05) is 24.3 Å². The van der Waals surface area contributed by atoms with Crippen molar-refractivity contribution in [3.8, 4) is 11.5 Å². The summed E-state index contributed by atoms with van der Waals surface area (Å²) in [6.45, 7) is 0. The van der Waals surface area contributed by atoms with E-state index in [1.54, 1.807) is 32.4 Å². The lowest BCUT2D eigenvalue weighted by Crippen LogP contribution is -2.30. The first kappa shape index (κ1) is 16.7. The van der Waals surface area contributed by atoms with Crippen LogP contribution in [0.1, 0.15) is 34.8 Å². The van der Waals surface area contributed by atoms with Crippen molar-refractivity contribution >= 4 is 17.5 Å². The first-order valence-electron chi connectivity index (χ1n) is 7.90. The Balaban J connectivity index is 1.85. The molecule has 0 bridgehead atoms. The standard InChI is InChI=1S/C19H20ClNO3/c1-23-15-9-10-17(24-2)16(11-15)19(22)21-18(12-3-4-12)13-5-7-14(20)8-6-13/h5-12,18H,3-4H2,1-2H3,(H,21,22). The summed E-state index contributed by atoms with van der Waals surface area (Å²) in [5, 5.41) is 3.83. The van der Waals surface area contributed by atoms with Crippen molar-refractivity contribution in [2.75, 3.05) is 14.2 Å². The number of hydrogen-bond donors (Lipinski definition) is 1. The monoisotopic (exact) mass is 345 g/mol. The van der Waals surface area contributed by atoms with E-state index in [9.17, 15) is 4.79 Å². The number of ether oxygens (including phenoxy) is 2. The number of hydrogen-bond acceptors (Lipinski definition) is 3. The number of carbonyl (C=O) groups excluding carboxylic acids is 1. The smallest absolute Gasteiger partial charge is 0.255 e. The fourth-order valence-electron chi connectivity index (χ4n) is 2.78. The quantitative estimate of drug-likeness (QED) is 0.851. The molecule has 1 amide bonds. The van der Waals surface area contributed by atoms with Gasteiger partial charge in [0.2, 0.25) is 0 Å². The van der Waals surface area contributed by atoms with Crippen LogP contribution >= 0.6 is 11.6 Å². The van der Waals surface area contributed by atoms with Gasteiger partial charge in [-0.1, -0.05) is 23.7 Å². The van der Waals surface area contributed by atoms with Gasteiger partial charge in [-0.2, -0.15) is 0 Å². The van der Waals surface area contributed by atoms with Crippen LogP contribution in [0, 0.1) is 5.92 Å². The molecule has 0 aliphatic heterocycles. The number of benzene rings is 2. The third kappa shape index (κ3) is 3.65. The average Bonchev–Trinajstić information content (AvgIpc) is 3.44. The van der Waals surface area contributed by atoms with Crippen LogP contribution in [0.5, 0.6) is 11.5 Å². The van der Waals surface area contributed by atoms with Crippen molar-refractivity contribution in [2.45, 2.75) is 18.9 Å². The zero-order valence-electron chi connectivity index (χ0n) is 13.7. The fourth-order valence-corrected chi connectivity index (χ4v) is 2.91. The molecule has 0 spiro atoms. The molecule has 1 atom stereocenters. The number of rotatable bonds is 6. The van der Waals surface area contributed by atoms with E-state index >= 15 is 0 Å². The van der Waals surface area contributed by atoms with Crippen LogP contribution in [0.15, 0.2) is 42.5 Å². The Bertz CT molecular complexity index is 726. The Morgan fingerprint density at radius 3 is 2.42 bits per heavy atom. The van der Waals surface area contributed by atoms with Gasteiger partial charge in [0.15, 0.2) is 0 Å². The molecule has 1 saturated carbocycles. The molecular formula is C19H20ClNO3. The molecule has 1 fully saturated rings. The summed E-state index contributed by atoms with van der Waals surface area (Å²) in [6, 6.07) is 12.8. The summed E-state index contributed by atoms with van der Waals surface area (Å²) in [5.41, 5.74) is 1.54. The molecule has 0 saturated heterocycles. The maximum absolute atomic E-state index is 12.8. The maximum atomic E-state index is 12.8. The van der Waals surface area contributed by atoms with Gasteiger partial charge in [-0.15, -0.1) is 0 Å². The molecule has 2 aromatic carbocycles. The summed E-state index contributed by atoms with van der Waals surface area (Å²) >= 11 is 5.97. The van der Waals surface area contributed by atoms with Gasteiger partial charge >= 0.3 is 0 Å². The second-order valence-corrected chi connectivity index (χ2v) is 6.34. The minimum atomic E-state index is -0.169. The number of methoxy groups -OCH3 is 2. The van der Waals surface area contributed by atoms with E-state index in [0.717, 1.165) is 18.4 Å². The number of carbonyl (C=O) groups is 1. The van der Waals surface area contributed by atoms with Gasteiger partial charge in [-0.05, 0) is 54.7 Å². The van der Waals surface area contributed by atoms with E-state index < -0.39 is 0 Å². The van der Waals surface area contributed by atoms with Crippen molar-refractivity contribution in [3.63, 3.8) is 0 Å². The summed E-state index contributed by atoms with van der Waals surface area (Å²) in [6.07, 6.45) is 2.23. The van der Waals surface area contributed by atoms with Crippen molar-refractivity contribution < 1.29 is 14.3 Å². The van der Waals surface area contributed by atoms with Crippen LogP contribution in [0.2, 0.25) is 5.02 Å². The maximum Gasteiger partial charge on any atom is 0.255 e. The van der Waals surface area contributed by atoms with Gasteiger partial charge in [-0.3, -0.25) is 4.79 Å². The molecule has 0 aromatic heterocycles. The Morgan fingerprint density at radius 2 is 1.83 bits per heavy atom. The largest absolute Gasteiger partial charge is 0.497 e. The molecule has 1 aliphatic carbocycles. The number of amides is 1. The first-order chi connectivity index (χ1) is 11.6. The van der Waals surface area contributed by atoms with Gasteiger partial charge in [0.05, 0.1) is 25.8 Å². The molecule has 3 rings (SSSR count). The first-order valence-corrected chi connectivity index (χ1v) is 8.28. The van der Waals surface area contributed by atoms with Crippen LogP contribution < -0.4 is 14.8 Å². The van der Waals surface area contributed by atoms with E-state index in [-0.39, 0.29) is 11.9 Å². The number of halogens is 1. The molecule has 0 heterocycles. The zero-order chi connectivity index (χ0) is 17.1. The molecule has 126 valence electrons.